The number of hydrogen-bond donors (Lipinski definition) is 1. The van der Waals surface area contributed by atoms with Crippen molar-refractivity contribution in [3.05, 3.63) is 33.8 Å². The molecule has 0 spiro atoms. The highest BCUT2D eigenvalue weighted by molar-refractivity contribution is 6.42. The zero-order valence-electron chi connectivity index (χ0n) is 10.9. The van der Waals surface area contributed by atoms with Gasteiger partial charge < -0.3 is 4.90 Å². The van der Waals surface area contributed by atoms with Crippen molar-refractivity contribution in [1.82, 2.24) is 10.2 Å². The smallest absolute Gasteiger partial charge is 0.254 e. The topological polar surface area (TPSA) is 66.5 Å². The van der Waals surface area contributed by atoms with E-state index >= 15 is 0 Å². The first-order chi connectivity index (χ1) is 9.97. The van der Waals surface area contributed by atoms with Gasteiger partial charge in [0.05, 0.1) is 16.5 Å². The minimum Gasteiger partial charge on any atom is -0.323 e. The van der Waals surface area contributed by atoms with E-state index in [4.69, 9.17) is 23.2 Å². The Kier molecular flexibility index (Phi) is 3.63. The molecule has 2 fully saturated rings. The fraction of sp³-hybridized carbons (Fsp3) is 0.357. The molecule has 7 heteroatoms. The molecular formula is C14H12Cl2N2O3. The van der Waals surface area contributed by atoms with Gasteiger partial charge in [0.1, 0.15) is 6.04 Å². The fourth-order valence-electron chi connectivity index (χ4n) is 2.46. The maximum Gasteiger partial charge on any atom is 0.254 e. The maximum atomic E-state index is 12.7. The molecule has 1 saturated carbocycles. The van der Waals surface area contributed by atoms with Crippen molar-refractivity contribution in [3.63, 3.8) is 0 Å². The van der Waals surface area contributed by atoms with Crippen LogP contribution in [0.15, 0.2) is 18.2 Å². The number of hydrogen-bond acceptors (Lipinski definition) is 3. The number of amides is 3. The van der Waals surface area contributed by atoms with E-state index in [1.54, 1.807) is 12.1 Å². The van der Waals surface area contributed by atoms with E-state index < -0.39 is 11.9 Å². The van der Waals surface area contributed by atoms with Crippen LogP contribution in [0.5, 0.6) is 0 Å². The van der Waals surface area contributed by atoms with Crippen molar-refractivity contribution in [3.8, 4) is 0 Å². The summed E-state index contributed by atoms with van der Waals surface area (Å²) in [6.45, 7) is 0. The molecule has 1 aliphatic heterocycles. The van der Waals surface area contributed by atoms with Crippen molar-refractivity contribution in [2.24, 2.45) is 0 Å². The SMILES string of the molecule is O=C1C[C@H](N(C(=O)c2ccc(Cl)c(Cl)c2)C2CC2)C(=O)N1. The van der Waals surface area contributed by atoms with Crippen LogP contribution < -0.4 is 5.32 Å². The summed E-state index contributed by atoms with van der Waals surface area (Å²) in [5.41, 5.74) is 0.364. The second-order valence-electron chi connectivity index (χ2n) is 5.20. The second kappa shape index (κ2) is 5.31. The highest BCUT2D eigenvalue weighted by Gasteiger charge is 2.44. The lowest BCUT2D eigenvalue weighted by Crippen LogP contribution is -2.45. The quantitative estimate of drug-likeness (QED) is 0.864. The van der Waals surface area contributed by atoms with Gasteiger partial charge in [0.15, 0.2) is 0 Å². The van der Waals surface area contributed by atoms with Gasteiger partial charge in [-0.2, -0.15) is 0 Å². The molecule has 1 heterocycles. The Morgan fingerprint density at radius 2 is 1.90 bits per heavy atom. The van der Waals surface area contributed by atoms with E-state index in [1.165, 1.54) is 11.0 Å². The summed E-state index contributed by atoms with van der Waals surface area (Å²) < 4.78 is 0. The van der Waals surface area contributed by atoms with Crippen LogP contribution in [0.25, 0.3) is 0 Å². The van der Waals surface area contributed by atoms with E-state index in [9.17, 15) is 14.4 Å². The number of halogens is 2. The molecule has 1 aliphatic carbocycles. The van der Waals surface area contributed by atoms with E-state index in [2.05, 4.69) is 5.32 Å². The number of carbonyl (C=O) groups excluding carboxylic acids is 3. The predicted molar refractivity (Wildman–Crippen MR) is 77.2 cm³/mol. The number of carbonyl (C=O) groups is 3. The van der Waals surface area contributed by atoms with E-state index in [0.717, 1.165) is 12.8 Å². The number of nitrogens with one attached hydrogen (secondary N) is 1. The molecule has 21 heavy (non-hydrogen) atoms. The lowest BCUT2D eigenvalue weighted by molar-refractivity contribution is -0.126. The Hall–Kier alpha value is -1.59. The molecule has 3 amide bonds. The van der Waals surface area contributed by atoms with Crippen molar-refractivity contribution in [2.75, 3.05) is 0 Å². The van der Waals surface area contributed by atoms with Crippen LogP contribution in [0, 0.1) is 0 Å². The molecule has 0 aromatic heterocycles. The third-order valence-corrected chi connectivity index (χ3v) is 4.36. The third-order valence-electron chi connectivity index (χ3n) is 3.62. The molecule has 110 valence electrons. The van der Waals surface area contributed by atoms with Gasteiger partial charge in [0.2, 0.25) is 11.8 Å². The highest BCUT2D eigenvalue weighted by atomic mass is 35.5. The van der Waals surface area contributed by atoms with Gasteiger partial charge in [0.25, 0.3) is 5.91 Å². The monoisotopic (exact) mass is 326 g/mol. The van der Waals surface area contributed by atoms with E-state index in [1.807, 2.05) is 0 Å². The summed E-state index contributed by atoms with van der Waals surface area (Å²) in [6, 6.07) is 3.87. The van der Waals surface area contributed by atoms with Crippen molar-refractivity contribution in [1.29, 1.82) is 0 Å². The van der Waals surface area contributed by atoms with Crippen LogP contribution in [-0.2, 0) is 9.59 Å². The van der Waals surface area contributed by atoms with Gasteiger partial charge in [-0.1, -0.05) is 23.2 Å². The standard InChI is InChI=1S/C14H12Cl2N2O3/c15-9-4-1-7(5-10(9)16)14(21)18(8-2-3-8)11-6-12(19)17-13(11)20/h1,4-5,8,11H,2-3,6H2,(H,17,19,20)/t11-/m0/s1. The minimum atomic E-state index is -0.730. The molecule has 1 N–H and O–H groups in total. The van der Waals surface area contributed by atoms with Crippen LogP contribution in [0.4, 0.5) is 0 Å². The lowest BCUT2D eigenvalue weighted by Gasteiger charge is -2.26. The Morgan fingerprint density at radius 1 is 1.19 bits per heavy atom. The van der Waals surface area contributed by atoms with Crippen molar-refractivity contribution >= 4 is 40.9 Å². The molecular weight excluding hydrogens is 315 g/mol. The molecule has 1 aromatic rings. The zero-order valence-corrected chi connectivity index (χ0v) is 12.4. The normalized spacial score (nSPS) is 21.3. The predicted octanol–water partition coefficient (Wildman–Crippen LogP) is 2.01. The summed E-state index contributed by atoms with van der Waals surface area (Å²) in [4.78, 5) is 37.4. The van der Waals surface area contributed by atoms with Crippen molar-refractivity contribution < 1.29 is 14.4 Å². The van der Waals surface area contributed by atoms with Crippen LogP contribution in [0.2, 0.25) is 10.0 Å². The second-order valence-corrected chi connectivity index (χ2v) is 6.02. The van der Waals surface area contributed by atoms with Crippen LogP contribution >= 0.6 is 23.2 Å². The van der Waals surface area contributed by atoms with Gasteiger partial charge >= 0.3 is 0 Å². The molecule has 2 aliphatic rings. The van der Waals surface area contributed by atoms with Gasteiger partial charge in [0, 0.05) is 11.6 Å². The maximum absolute atomic E-state index is 12.7. The largest absolute Gasteiger partial charge is 0.323 e. The van der Waals surface area contributed by atoms with Gasteiger partial charge in [-0.3, -0.25) is 19.7 Å². The van der Waals surface area contributed by atoms with Crippen LogP contribution in [-0.4, -0.2) is 34.7 Å². The molecule has 1 aromatic carbocycles. The summed E-state index contributed by atoms with van der Waals surface area (Å²) in [5.74, 6) is -1.07. The third kappa shape index (κ3) is 2.76. The molecule has 0 unspecified atom stereocenters. The average molecular weight is 327 g/mol. The van der Waals surface area contributed by atoms with Crippen LogP contribution in [0.1, 0.15) is 29.6 Å². The first kappa shape index (κ1) is 14.4. The average Bonchev–Trinajstić information content (AvgIpc) is 3.20. The van der Waals surface area contributed by atoms with Gasteiger partial charge in [-0.05, 0) is 31.0 Å². The Morgan fingerprint density at radius 3 is 2.43 bits per heavy atom. The fourth-order valence-corrected chi connectivity index (χ4v) is 2.76. The van der Waals surface area contributed by atoms with Gasteiger partial charge in [-0.25, -0.2) is 0 Å². The van der Waals surface area contributed by atoms with Crippen LogP contribution in [0.3, 0.4) is 0 Å². The first-order valence-corrected chi connectivity index (χ1v) is 7.34. The summed E-state index contributed by atoms with van der Waals surface area (Å²) in [6.07, 6.45) is 1.69. The molecule has 5 nitrogen and oxygen atoms in total. The van der Waals surface area contributed by atoms with E-state index in [-0.39, 0.29) is 29.3 Å². The molecule has 0 bridgehead atoms. The molecule has 1 saturated heterocycles. The van der Waals surface area contributed by atoms with Gasteiger partial charge in [-0.15, -0.1) is 0 Å². The molecule has 0 radical (unpaired) electrons. The van der Waals surface area contributed by atoms with E-state index in [0.29, 0.717) is 10.6 Å². The number of benzene rings is 1. The first-order valence-electron chi connectivity index (χ1n) is 6.59. The molecule has 1 atom stereocenters. The zero-order chi connectivity index (χ0) is 15.1. The highest BCUT2D eigenvalue weighted by Crippen LogP contribution is 2.33. The lowest BCUT2D eigenvalue weighted by atomic mass is 10.1. The number of nitrogens with zero attached hydrogens (tertiary/aromatic N) is 1. The Balaban J connectivity index is 1.90. The summed E-state index contributed by atoms with van der Waals surface area (Å²) in [5, 5.41) is 2.88. The summed E-state index contributed by atoms with van der Waals surface area (Å²) in [7, 11) is 0. The Labute approximate surface area is 131 Å². The minimum absolute atomic E-state index is 0.00797. The van der Waals surface area contributed by atoms with Crippen molar-refractivity contribution in [2.45, 2.75) is 31.3 Å². The number of rotatable bonds is 3. The molecule has 3 rings (SSSR count). The Bertz CT molecular complexity index is 643. The number of imide groups is 1. The summed E-state index contributed by atoms with van der Waals surface area (Å²) >= 11 is 11.8.